The van der Waals surface area contributed by atoms with Gasteiger partial charge in [-0.25, -0.2) is 8.42 Å². The third-order valence-electron chi connectivity index (χ3n) is 6.47. The number of nitrogens with one attached hydrogen (secondary N) is 1. The third-order valence-corrected chi connectivity index (χ3v) is 8.10. The van der Waals surface area contributed by atoms with Gasteiger partial charge >= 0.3 is 0 Å². The predicted octanol–water partition coefficient (Wildman–Crippen LogP) is 4.79. The Balaban J connectivity index is 1.55. The van der Waals surface area contributed by atoms with Gasteiger partial charge in [-0.1, -0.05) is 30.1 Å². The molecule has 1 aliphatic rings. The van der Waals surface area contributed by atoms with Gasteiger partial charge in [-0.05, 0) is 55.5 Å². The van der Waals surface area contributed by atoms with Gasteiger partial charge in [-0.15, -0.1) is 0 Å². The molecule has 0 aliphatic heterocycles. The highest BCUT2D eigenvalue weighted by atomic mass is 35.5. The first-order valence-electron chi connectivity index (χ1n) is 11.8. The molecule has 0 unspecified atom stereocenters. The van der Waals surface area contributed by atoms with Crippen molar-refractivity contribution in [2.24, 2.45) is 5.92 Å². The molecule has 194 valence electrons. The molecule has 4 aromatic rings. The van der Waals surface area contributed by atoms with Crippen LogP contribution in [0.4, 0.5) is 5.82 Å². The number of aromatic nitrogens is 3. The molecule has 1 aromatic carbocycles. The maximum atomic E-state index is 13.0. The number of hydrogen-bond donors (Lipinski definition) is 1. The van der Waals surface area contributed by atoms with Crippen molar-refractivity contribution in [3.8, 4) is 17.4 Å². The molecule has 0 amide bonds. The van der Waals surface area contributed by atoms with Crippen molar-refractivity contribution < 1.29 is 22.4 Å². The van der Waals surface area contributed by atoms with Crippen LogP contribution in [0.25, 0.3) is 16.6 Å². The Labute approximate surface area is 218 Å². The highest BCUT2D eigenvalue weighted by Gasteiger charge is 2.26. The SMILES string of the molecule is COc1nc(O[C@H]2CCCC[C@H]2C)c(Cl)cc1-n1c(=O)ccc2cc(S(=O)(=O)Nc3ccon3)ccc21. The first-order valence-corrected chi connectivity index (χ1v) is 13.6. The molecular weight excluding hydrogens is 520 g/mol. The normalized spacial score (nSPS) is 18.0. The van der Waals surface area contributed by atoms with Crippen LogP contribution in [-0.2, 0) is 10.0 Å². The van der Waals surface area contributed by atoms with Crippen LogP contribution < -0.4 is 19.8 Å². The van der Waals surface area contributed by atoms with Gasteiger partial charge in [0.25, 0.3) is 15.6 Å². The number of rotatable bonds is 7. The second kappa shape index (κ2) is 10.1. The van der Waals surface area contributed by atoms with Crippen LogP contribution in [0, 0.1) is 5.92 Å². The monoisotopic (exact) mass is 544 g/mol. The fourth-order valence-electron chi connectivity index (χ4n) is 4.54. The predicted molar refractivity (Wildman–Crippen MR) is 138 cm³/mol. The van der Waals surface area contributed by atoms with Crippen LogP contribution >= 0.6 is 11.6 Å². The van der Waals surface area contributed by atoms with Gasteiger partial charge < -0.3 is 14.0 Å². The number of fused-ring (bicyclic) bond motifs is 1. The van der Waals surface area contributed by atoms with E-state index in [2.05, 4.69) is 26.3 Å². The van der Waals surface area contributed by atoms with Crippen molar-refractivity contribution in [3.63, 3.8) is 0 Å². The largest absolute Gasteiger partial charge is 0.479 e. The Kier molecular flexibility index (Phi) is 6.82. The van der Waals surface area contributed by atoms with Crippen LogP contribution in [0.2, 0.25) is 5.02 Å². The summed E-state index contributed by atoms with van der Waals surface area (Å²) in [5.74, 6) is 0.839. The molecule has 0 radical (unpaired) electrons. The van der Waals surface area contributed by atoms with E-state index in [0.29, 0.717) is 22.5 Å². The van der Waals surface area contributed by atoms with Gasteiger partial charge in [0, 0.05) is 17.5 Å². The van der Waals surface area contributed by atoms with E-state index in [0.717, 1.165) is 19.3 Å². The Morgan fingerprint density at radius 1 is 1.11 bits per heavy atom. The lowest BCUT2D eigenvalue weighted by molar-refractivity contribution is 0.0969. The summed E-state index contributed by atoms with van der Waals surface area (Å²) in [5, 5.41) is 4.32. The van der Waals surface area contributed by atoms with Crippen LogP contribution in [0.5, 0.6) is 11.8 Å². The smallest absolute Gasteiger partial charge is 0.263 e. The van der Waals surface area contributed by atoms with Gasteiger partial charge in [-0.2, -0.15) is 4.98 Å². The summed E-state index contributed by atoms with van der Waals surface area (Å²) in [6.45, 7) is 2.15. The second-order valence-corrected chi connectivity index (χ2v) is 11.0. The zero-order chi connectivity index (χ0) is 26.2. The number of pyridine rings is 2. The van der Waals surface area contributed by atoms with E-state index in [-0.39, 0.29) is 39.2 Å². The number of ether oxygens (including phenoxy) is 2. The van der Waals surface area contributed by atoms with Crippen molar-refractivity contribution in [1.29, 1.82) is 0 Å². The van der Waals surface area contributed by atoms with Crippen molar-refractivity contribution in [2.45, 2.75) is 43.6 Å². The van der Waals surface area contributed by atoms with Gasteiger partial charge in [0.1, 0.15) is 23.1 Å². The van der Waals surface area contributed by atoms with E-state index in [9.17, 15) is 13.2 Å². The zero-order valence-corrected chi connectivity index (χ0v) is 21.8. The lowest BCUT2D eigenvalue weighted by Crippen LogP contribution is -2.28. The number of methoxy groups -OCH3 is 1. The van der Waals surface area contributed by atoms with Crippen LogP contribution in [0.3, 0.4) is 0 Å². The minimum absolute atomic E-state index is 0.000753. The molecule has 1 saturated carbocycles. The van der Waals surface area contributed by atoms with E-state index < -0.39 is 10.0 Å². The van der Waals surface area contributed by atoms with Gasteiger partial charge in [0.05, 0.1) is 17.5 Å². The summed E-state index contributed by atoms with van der Waals surface area (Å²) in [6, 6.07) is 10.2. The molecule has 5 rings (SSSR count). The molecule has 3 aromatic heterocycles. The molecule has 10 nitrogen and oxygen atoms in total. The lowest BCUT2D eigenvalue weighted by Gasteiger charge is -2.29. The first-order chi connectivity index (χ1) is 17.8. The molecule has 1 N–H and O–H groups in total. The van der Waals surface area contributed by atoms with Crippen LogP contribution in [0.1, 0.15) is 32.6 Å². The Hall–Kier alpha value is -3.57. The summed E-state index contributed by atoms with van der Waals surface area (Å²) in [7, 11) is -2.49. The average molecular weight is 545 g/mol. The van der Waals surface area contributed by atoms with Gasteiger partial charge in [0.15, 0.2) is 5.82 Å². The molecule has 1 aliphatic carbocycles. The van der Waals surface area contributed by atoms with E-state index >= 15 is 0 Å². The van der Waals surface area contributed by atoms with Crippen molar-refractivity contribution in [3.05, 3.63) is 64.1 Å². The molecule has 0 bridgehead atoms. The summed E-state index contributed by atoms with van der Waals surface area (Å²) in [6.07, 6.45) is 5.51. The topological polar surface area (TPSA) is 126 Å². The minimum Gasteiger partial charge on any atom is -0.479 e. The molecule has 1 fully saturated rings. The molecule has 12 heteroatoms. The van der Waals surface area contributed by atoms with Gasteiger partial charge in [-0.3, -0.25) is 14.1 Å². The van der Waals surface area contributed by atoms with Crippen molar-refractivity contribution in [1.82, 2.24) is 14.7 Å². The molecular formula is C25H25ClN4O6S. The molecule has 2 atom stereocenters. The maximum Gasteiger partial charge on any atom is 0.263 e. The Morgan fingerprint density at radius 2 is 1.92 bits per heavy atom. The van der Waals surface area contributed by atoms with Crippen LogP contribution in [0.15, 0.2) is 62.9 Å². The van der Waals surface area contributed by atoms with E-state index in [1.54, 1.807) is 12.1 Å². The molecule has 37 heavy (non-hydrogen) atoms. The highest BCUT2D eigenvalue weighted by molar-refractivity contribution is 7.92. The number of halogens is 1. The lowest BCUT2D eigenvalue weighted by atomic mass is 9.88. The standard InChI is InChI=1S/C25H25ClN4O6S/c1-15-5-3-4-6-21(15)36-24-18(26)14-20(25(27-24)34-2)30-19-9-8-17(13-16(19)7-10-23(30)31)37(32,33)29-22-11-12-35-28-22/h7-15,21H,3-6H2,1-2H3,(H,28,29)/t15-,21+/m1/s1. The highest BCUT2D eigenvalue weighted by Crippen LogP contribution is 2.35. The fourth-order valence-corrected chi connectivity index (χ4v) is 5.76. The number of hydrogen-bond acceptors (Lipinski definition) is 8. The number of anilines is 1. The van der Waals surface area contributed by atoms with E-state index in [1.807, 2.05) is 0 Å². The quantitative estimate of drug-likeness (QED) is 0.352. The summed E-state index contributed by atoms with van der Waals surface area (Å²) in [4.78, 5) is 17.5. The number of sulfonamides is 1. The Bertz CT molecular complexity index is 1600. The number of nitrogens with zero attached hydrogens (tertiary/aromatic N) is 3. The number of benzene rings is 1. The average Bonchev–Trinajstić information content (AvgIpc) is 3.38. The Morgan fingerprint density at radius 3 is 2.65 bits per heavy atom. The first kappa shape index (κ1) is 25.1. The molecule has 0 saturated heterocycles. The van der Waals surface area contributed by atoms with Crippen LogP contribution in [-0.4, -0.2) is 36.3 Å². The minimum atomic E-state index is -3.94. The fraction of sp³-hybridized carbons (Fsp3) is 0.320. The van der Waals surface area contributed by atoms with E-state index in [4.69, 9.17) is 21.1 Å². The van der Waals surface area contributed by atoms with Crippen molar-refractivity contribution in [2.75, 3.05) is 11.8 Å². The summed E-state index contributed by atoms with van der Waals surface area (Å²) >= 11 is 6.57. The zero-order valence-electron chi connectivity index (χ0n) is 20.2. The summed E-state index contributed by atoms with van der Waals surface area (Å²) < 4.78 is 45.7. The maximum absolute atomic E-state index is 13.0. The van der Waals surface area contributed by atoms with Crippen molar-refractivity contribution >= 4 is 38.3 Å². The second-order valence-electron chi connectivity index (χ2n) is 8.94. The third kappa shape index (κ3) is 5.01. The van der Waals surface area contributed by atoms with Gasteiger partial charge in [0.2, 0.25) is 11.8 Å². The van der Waals surface area contributed by atoms with E-state index in [1.165, 1.54) is 54.7 Å². The molecule has 3 heterocycles. The molecule has 0 spiro atoms. The summed E-state index contributed by atoms with van der Waals surface area (Å²) in [5.41, 5.74) is 0.386.